The molecule has 0 fully saturated rings. The highest BCUT2D eigenvalue weighted by Gasteiger charge is 2.87. The Morgan fingerprint density at radius 2 is 0.952 bits per heavy atom. The van der Waals surface area contributed by atoms with E-state index in [1.807, 2.05) is 0 Å². The van der Waals surface area contributed by atoms with Crippen molar-refractivity contribution in [2.24, 2.45) is 10.8 Å². The predicted octanol–water partition coefficient (Wildman–Crippen LogP) is 7.88. The molecule has 0 unspecified atom stereocenters. The molecule has 0 N–H and O–H groups in total. The van der Waals surface area contributed by atoms with Gasteiger partial charge in [0.2, 0.25) is 0 Å². The van der Waals surface area contributed by atoms with Crippen molar-refractivity contribution in [3.05, 3.63) is 39.9 Å². The van der Waals surface area contributed by atoms with Crippen LogP contribution in [0.4, 0.5) is 89.5 Å². The molecule has 42 heavy (non-hydrogen) atoms. The number of nitro groups is 1. The van der Waals surface area contributed by atoms with Crippen LogP contribution >= 0.6 is 0 Å². The summed E-state index contributed by atoms with van der Waals surface area (Å²) in [5.41, 5.74) is -16.9. The monoisotopic (exact) mass is 660 g/mol. The third-order valence-corrected chi connectivity index (χ3v) is 5.56. The predicted molar refractivity (Wildman–Crippen MR) is 96.1 cm³/mol. The van der Waals surface area contributed by atoms with Crippen LogP contribution in [0.1, 0.15) is 5.56 Å². The van der Waals surface area contributed by atoms with Crippen molar-refractivity contribution in [3.8, 4) is 0 Å². The van der Waals surface area contributed by atoms with Crippen LogP contribution in [0, 0.1) is 20.9 Å². The number of benzene rings is 1. The Morgan fingerprint density at radius 3 is 1.24 bits per heavy atom. The second-order valence-electron chi connectivity index (χ2n) is 8.09. The average Bonchev–Trinajstić information content (AvgIpc) is 2.72. The molecule has 0 aromatic heterocycles. The van der Waals surface area contributed by atoms with Crippen LogP contribution in [0.25, 0.3) is 0 Å². The highest BCUT2D eigenvalue weighted by Crippen LogP contribution is 2.62. The van der Waals surface area contributed by atoms with Crippen molar-refractivity contribution in [2.75, 3.05) is 13.1 Å². The van der Waals surface area contributed by atoms with E-state index in [1.165, 1.54) is 0 Å². The first-order chi connectivity index (χ1) is 18.4. The second kappa shape index (κ2) is 11.0. The summed E-state index contributed by atoms with van der Waals surface area (Å²) in [6, 6.07) is 2.86. The second-order valence-corrected chi connectivity index (χ2v) is 8.09. The summed E-state index contributed by atoms with van der Waals surface area (Å²) in [4.78, 5) is 19.5. The van der Waals surface area contributed by atoms with Crippen molar-refractivity contribution >= 4 is 11.8 Å². The van der Waals surface area contributed by atoms with Crippen molar-refractivity contribution in [1.82, 2.24) is 4.90 Å². The fourth-order valence-electron chi connectivity index (χ4n) is 3.30. The molecule has 242 valence electrons. The molecule has 6 nitrogen and oxygen atoms in total. The molecule has 1 aromatic rings. The van der Waals surface area contributed by atoms with Gasteiger partial charge in [0.05, 0.1) is 23.6 Å². The summed E-state index contributed by atoms with van der Waals surface area (Å²) in [6.07, 6.45) is -50.0. The van der Waals surface area contributed by atoms with Crippen LogP contribution in [0.5, 0.6) is 0 Å². The van der Waals surface area contributed by atoms with Gasteiger partial charge in [-0.05, 0) is 6.07 Å². The summed E-state index contributed by atoms with van der Waals surface area (Å²) in [7, 11) is 0. The summed E-state index contributed by atoms with van der Waals surface area (Å²) < 4.78 is 244. The van der Waals surface area contributed by atoms with Crippen LogP contribution in [-0.2, 0) is 11.3 Å². The van der Waals surface area contributed by atoms with Gasteiger partial charge in [-0.25, -0.2) is 4.79 Å². The highest BCUT2D eigenvalue weighted by molar-refractivity contribution is 5.68. The van der Waals surface area contributed by atoms with E-state index in [1.54, 1.807) is 0 Å². The minimum absolute atomic E-state index is 0.560. The minimum atomic E-state index is -7.77. The quantitative estimate of drug-likeness (QED) is 0.170. The Morgan fingerprint density at radius 1 is 0.643 bits per heavy atom. The zero-order valence-electron chi connectivity index (χ0n) is 19.3. The number of halogens is 18. The number of carbonyl (C=O) groups excluding carboxylic acids is 1. The van der Waals surface area contributed by atoms with Crippen molar-refractivity contribution < 1.29 is 93.5 Å². The minimum Gasteiger partial charge on any atom is -0.444 e. The molecule has 0 atom stereocenters. The summed E-state index contributed by atoms with van der Waals surface area (Å²) in [5.74, 6) is 0. The molecule has 0 saturated carbocycles. The van der Waals surface area contributed by atoms with Crippen molar-refractivity contribution in [1.29, 1.82) is 0 Å². The van der Waals surface area contributed by atoms with Crippen LogP contribution in [0.3, 0.4) is 0 Å². The van der Waals surface area contributed by atoms with Crippen LogP contribution in [0.2, 0.25) is 0 Å². The van der Waals surface area contributed by atoms with E-state index in [4.69, 9.17) is 0 Å². The normalized spacial score (nSPS) is 14.5. The molecule has 0 bridgehead atoms. The molecule has 24 heteroatoms. The number of hydrogen-bond acceptors (Lipinski definition) is 4. The topological polar surface area (TPSA) is 72.7 Å². The van der Waals surface area contributed by atoms with Gasteiger partial charge in [-0.1, -0.05) is 12.1 Å². The lowest BCUT2D eigenvalue weighted by Crippen LogP contribution is -2.69. The fourth-order valence-corrected chi connectivity index (χ4v) is 3.30. The van der Waals surface area contributed by atoms with Gasteiger partial charge < -0.3 is 9.64 Å². The molecule has 0 aliphatic carbocycles. The van der Waals surface area contributed by atoms with E-state index in [-0.39, 0.29) is 0 Å². The van der Waals surface area contributed by atoms with Gasteiger partial charge in [-0.3, -0.25) is 10.1 Å². The lowest BCUT2D eigenvalue weighted by molar-refractivity contribution is -0.438. The van der Waals surface area contributed by atoms with Gasteiger partial charge in [-0.2, -0.15) is 79.0 Å². The lowest BCUT2D eigenvalue weighted by atomic mass is 9.81. The molecule has 0 aliphatic heterocycles. The molecule has 1 aromatic carbocycles. The summed E-state index contributed by atoms with van der Waals surface area (Å²) >= 11 is 0. The smallest absolute Gasteiger partial charge is 0.413 e. The van der Waals surface area contributed by atoms with Crippen molar-refractivity contribution in [2.45, 2.75) is 43.7 Å². The number of carbonyl (C=O) groups is 1. The first-order valence-electron chi connectivity index (χ1n) is 9.93. The van der Waals surface area contributed by atoms with E-state index in [0.29, 0.717) is 12.1 Å². The Bertz CT molecular complexity index is 1010. The Hall–Kier alpha value is -3.37. The maximum atomic E-state index is 13.4. The number of nitrogens with zero attached hydrogens (tertiary/aromatic N) is 2. The molecular formula is C18H10F18N2O4. The van der Waals surface area contributed by atoms with Crippen molar-refractivity contribution in [3.63, 3.8) is 0 Å². The average molecular weight is 660 g/mol. The fraction of sp³-hybridized carbons (Fsp3) is 0.611. The van der Waals surface area contributed by atoms with E-state index in [0.717, 1.165) is 12.1 Å². The van der Waals surface area contributed by atoms with Gasteiger partial charge in [-0.15, -0.1) is 0 Å². The van der Waals surface area contributed by atoms with Gasteiger partial charge in [0, 0.05) is 6.07 Å². The number of para-hydroxylation sites is 1. The molecule has 1 rings (SSSR count). The molecule has 1 amide bonds. The van der Waals surface area contributed by atoms with Crippen LogP contribution in [-0.4, -0.2) is 66.1 Å². The van der Waals surface area contributed by atoms with Crippen LogP contribution < -0.4 is 0 Å². The van der Waals surface area contributed by atoms with E-state index in [2.05, 4.69) is 4.74 Å². The van der Waals surface area contributed by atoms with Crippen LogP contribution in [0.15, 0.2) is 24.3 Å². The van der Waals surface area contributed by atoms with Gasteiger partial charge in [0.1, 0.15) is 6.61 Å². The molecule has 0 saturated heterocycles. The number of alkyl halides is 18. The first-order valence-corrected chi connectivity index (χ1v) is 9.93. The van der Waals surface area contributed by atoms with Gasteiger partial charge >= 0.3 is 43.2 Å². The number of rotatable bonds is 7. The zero-order chi connectivity index (χ0) is 33.5. The molecule has 0 spiro atoms. The third-order valence-electron chi connectivity index (χ3n) is 5.56. The molecule has 0 aliphatic rings. The van der Waals surface area contributed by atoms with E-state index >= 15 is 0 Å². The highest BCUT2D eigenvalue weighted by atomic mass is 19.4. The van der Waals surface area contributed by atoms with E-state index in [9.17, 15) is 93.9 Å². The SMILES string of the molecule is O=C(OCc1ccccc1[N+](=O)[O-])N(CC(C(F)(F)F)(C(F)(F)F)C(F)(F)F)CC(C(F)(F)F)(C(F)(F)F)C(F)(F)F. The first kappa shape index (κ1) is 36.7. The van der Waals surface area contributed by atoms with E-state index < -0.39 is 94.8 Å². The number of amides is 1. The molecular weight excluding hydrogens is 650 g/mol. The number of nitro benzene ring substituents is 1. The summed E-state index contributed by atoms with van der Waals surface area (Å²) in [6.45, 7) is -10.6. The molecule has 0 radical (unpaired) electrons. The zero-order valence-corrected chi connectivity index (χ0v) is 19.3. The maximum Gasteiger partial charge on any atom is 0.413 e. The number of ether oxygens (including phenoxy) is 1. The molecule has 0 heterocycles. The Balaban J connectivity index is 4.01. The Kier molecular flexibility index (Phi) is 9.63. The number of hydrogen-bond donors (Lipinski definition) is 0. The summed E-state index contributed by atoms with van der Waals surface area (Å²) in [5, 5.41) is 10.9. The standard InChI is InChI=1S/C18H10F18N2O4/c19-13(20,21)11(14(22,23)24,15(25,26)27)6-37(7-12(16(28,29)30,17(31,32)33)18(34,35)36)10(39)42-5-8-3-1-2-4-9(8)38(40)41/h1-4H,5-7H2. The Labute approximate surface area is 218 Å². The maximum absolute atomic E-state index is 13.4. The lowest BCUT2D eigenvalue weighted by Gasteiger charge is -2.45. The van der Waals surface area contributed by atoms with Gasteiger partial charge in [0.15, 0.2) is 0 Å². The largest absolute Gasteiger partial charge is 0.444 e. The third kappa shape index (κ3) is 6.49. The van der Waals surface area contributed by atoms with Gasteiger partial charge in [0.25, 0.3) is 16.5 Å².